The Kier molecular flexibility index (Phi) is 5.74. The molecule has 12 nitrogen and oxygen atoms in total. The highest BCUT2D eigenvalue weighted by Crippen LogP contribution is 2.18. The molecule has 0 bridgehead atoms. The van der Waals surface area contributed by atoms with E-state index in [4.69, 9.17) is 10.5 Å². The molecule has 0 unspecified atom stereocenters. The molecule has 12 heteroatoms. The molecule has 1 amide bonds. The van der Waals surface area contributed by atoms with Gasteiger partial charge in [-0.1, -0.05) is 23.4 Å². The van der Waals surface area contributed by atoms with Crippen molar-refractivity contribution in [1.82, 2.24) is 30.7 Å². The number of amides is 1. The topological polar surface area (TPSA) is 167 Å². The number of nitrogens with one attached hydrogen (secondary N) is 1. The maximum Gasteiger partial charge on any atom is 0.293 e. The minimum atomic E-state index is -0.615. The number of phenols is 1. The first kappa shape index (κ1) is 20.5. The second-order valence-corrected chi connectivity index (χ2v) is 6.56. The first-order chi connectivity index (χ1) is 15.5. The monoisotopic (exact) mass is 434 g/mol. The van der Waals surface area contributed by atoms with Crippen LogP contribution in [0.3, 0.4) is 0 Å². The number of nitrogens with zero attached hydrogens (tertiary/aromatic N) is 6. The lowest BCUT2D eigenvalue weighted by Gasteiger charge is -2.08. The average molecular weight is 434 g/mol. The maximum absolute atomic E-state index is 12.8. The van der Waals surface area contributed by atoms with E-state index in [-0.39, 0.29) is 35.4 Å². The number of benzene rings is 2. The summed E-state index contributed by atoms with van der Waals surface area (Å²) in [4.78, 5) is 12.8. The molecule has 0 fully saturated rings. The zero-order valence-corrected chi connectivity index (χ0v) is 16.8. The van der Waals surface area contributed by atoms with Crippen LogP contribution in [0.25, 0.3) is 5.82 Å². The van der Waals surface area contributed by atoms with Crippen molar-refractivity contribution in [2.24, 2.45) is 5.10 Å². The molecule has 2 aromatic heterocycles. The van der Waals surface area contributed by atoms with Crippen molar-refractivity contribution in [2.45, 2.75) is 13.5 Å². The second kappa shape index (κ2) is 8.95. The number of anilines is 1. The van der Waals surface area contributed by atoms with Crippen LogP contribution in [-0.2, 0) is 6.61 Å². The van der Waals surface area contributed by atoms with Gasteiger partial charge in [0, 0.05) is 0 Å². The van der Waals surface area contributed by atoms with Crippen molar-refractivity contribution in [3.8, 4) is 17.3 Å². The van der Waals surface area contributed by atoms with Gasteiger partial charge in [-0.3, -0.25) is 4.79 Å². The first-order valence-corrected chi connectivity index (χ1v) is 9.38. The molecule has 2 heterocycles. The predicted octanol–water partition coefficient (Wildman–Crippen LogP) is 1.67. The van der Waals surface area contributed by atoms with E-state index in [2.05, 4.69) is 35.8 Å². The van der Waals surface area contributed by atoms with Gasteiger partial charge >= 0.3 is 0 Å². The van der Waals surface area contributed by atoms with Crippen molar-refractivity contribution in [2.75, 3.05) is 5.73 Å². The van der Waals surface area contributed by atoms with Gasteiger partial charge in [-0.25, -0.2) is 10.1 Å². The lowest BCUT2D eigenvalue weighted by Crippen LogP contribution is -2.22. The van der Waals surface area contributed by atoms with Crippen molar-refractivity contribution in [3.63, 3.8) is 0 Å². The minimum absolute atomic E-state index is 0.0241. The van der Waals surface area contributed by atoms with Gasteiger partial charge in [0.1, 0.15) is 23.8 Å². The summed E-state index contributed by atoms with van der Waals surface area (Å²) in [5.41, 5.74) is 9.70. The van der Waals surface area contributed by atoms with Crippen molar-refractivity contribution in [1.29, 1.82) is 0 Å². The lowest BCUT2D eigenvalue weighted by atomic mass is 10.1. The van der Waals surface area contributed by atoms with Gasteiger partial charge < -0.3 is 15.6 Å². The highest BCUT2D eigenvalue weighted by Gasteiger charge is 2.24. The molecule has 0 saturated carbocycles. The van der Waals surface area contributed by atoms with Crippen molar-refractivity contribution < 1.29 is 19.3 Å². The number of aromatic hydroxyl groups is 1. The van der Waals surface area contributed by atoms with Crippen LogP contribution < -0.4 is 15.9 Å². The number of carbonyl (C=O) groups excluding carboxylic acids is 1. The molecule has 162 valence electrons. The van der Waals surface area contributed by atoms with Crippen molar-refractivity contribution in [3.05, 3.63) is 71.5 Å². The number of para-hydroxylation sites is 1. The Morgan fingerprint density at radius 3 is 2.62 bits per heavy atom. The molecule has 2 aromatic carbocycles. The number of ether oxygens (including phenoxy) is 1. The SMILES string of the molecule is C/C(=N/NC(=O)c1nnn(-c2nonc2N)c1COc1ccccc1)c1ccc(O)cc1. The van der Waals surface area contributed by atoms with Gasteiger partial charge in [-0.15, -0.1) is 5.10 Å². The Hall–Kier alpha value is -4.74. The van der Waals surface area contributed by atoms with Crippen LogP contribution in [-0.4, -0.2) is 42.0 Å². The maximum atomic E-state index is 12.8. The molecule has 0 aliphatic rings. The Bertz CT molecular complexity index is 1250. The third-order valence-corrected chi connectivity index (χ3v) is 4.40. The molecule has 4 aromatic rings. The molecule has 4 N–H and O–H groups in total. The zero-order valence-electron chi connectivity index (χ0n) is 16.8. The van der Waals surface area contributed by atoms with Crippen LogP contribution >= 0.6 is 0 Å². The van der Waals surface area contributed by atoms with Crippen LogP contribution in [0.4, 0.5) is 5.82 Å². The molecule has 0 saturated heterocycles. The summed E-state index contributed by atoms with van der Waals surface area (Å²) in [5.74, 6) is 0.151. The summed E-state index contributed by atoms with van der Waals surface area (Å²) < 4.78 is 11.6. The summed E-state index contributed by atoms with van der Waals surface area (Å²) >= 11 is 0. The third-order valence-electron chi connectivity index (χ3n) is 4.40. The normalized spacial score (nSPS) is 11.3. The van der Waals surface area contributed by atoms with Gasteiger partial charge in [0.15, 0.2) is 5.69 Å². The van der Waals surface area contributed by atoms with E-state index in [1.807, 2.05) is 18.2 Å². The fraction of sp³-hybridized carbons (Fsp3) is 0.100. The standard InChI is InChI=1S/C20H18N8O4/c1-12(13-7-9-14(29)10-8-13)22-24-20(30)17-16(11-31-15-5-3-2-4-6-15)28(27-23-17)19-18(21)25-32-26-19/h2-10,29H,11H2,1H3,(H2,21,25)(H,24,30)/b22-12-. The Labute approximate surface area is 181 Å². The van der Waals surface area contributed by atoms with Gasteiger partial charge in [-0.2, -0.15) is 9.78 Å². The van der Waals surface area contributed by atoms with Gasteiger partial charge in [0.25, 0.3) is 5.91 Å². The first-order valence-electron chi connectivity index (χ1n) is 9.38. The Balaban J connectivity index is 1.60. The van der Waals surface area contributed by atoms with Crippen LogP contribution in [0.5, 0.6) is 11.5 Å². The lowest BCUT2D eigenvalue weighted by molar-refractivity contribution is 0.0947. The van der Waals surface area contributed by atoms with Crippen LogP contribution in [0.15, 0.2) is 64.3 Å². The number of hydrogen-bond donors (Lipinski definition) is 3. The summed E-state index contributed by atoms with van der Waals surface area (Å²) in [7, 11) is 0. The van der Waals surface area contributed by atoms with E-state index in [1.165, 1.54) is 16.8 Å². The molecule has 0 aliphatic carbocycles. The van der Waals surface area contributed by atoms with E-state index in [1.54, 1.807) is 31.2 Å². The summed E-state index contributed by atoms with van der Waals surface area (Å²) in [6, 6.07) is 15.4. The van der Waals surface area contributed by atoms with E-state index in [0.29, 0.717) is 11.5 Å². The molecular weight excluding hydrogens is 416 g/mol. The fourth-order valence-corrected chi connectivity index (χ4v) is 2.74. The van der Waals surface area contributed by atoms with E-state index in [0.717, 1.165) is 5.56 Å². The predicted molar refractivity (Wildman–Crippen MR) is 112 cm³/mol. The molecule has 0 spiro atoms. The summed E-state index contributed by atoms with van der Waals surface area (Å²) in [5, 5.41) is 28.6. The fourth-order valence-electron chi connectivity index (χ4n) is 2.74. The number of aromatic nitrogens is 5. The summed E-state index contributed by atoms with van der Waals surface area (Å²) in [6.45, 7) is 1.65. The number of carbonyl (C=O) groups is 1. The van der Waals surface area contributed by atoms with E-state index in [9.17, 15) is 9.90 Å². The Morgan fingerprint density at radius 1 is 1.19 bits per heavy atom. The molecule has 0 radical (unpaired) electrons. The second-order valence-electron chi connectivity index (χ2n) is 6.56. The van der Waals surface area contributed by atoms with Crippen LogP contribution in [0.2, 0.25) is 0 Å². The minimum Gasteiger partial charge on any atom is -0.508 e. The highest BCUT2D eigenvalue weighted by molar-refractivity contribution is 6.00. The number of hydrazone groups is 1. The van der Waals surface area contributed by atoms with E-state index < -0.39 is 5.91 Å². The average Bonchev–Trinajstić information content (AvgIpc) is 3.42. The molecule has 32 heavy (non-hydrogen) atoms. The number of nitrogens with two attached hydrogens (primary N) is 1. The van der Waals surface area contributed by atoms with Crippen LogP contribution in [0.1, 0.15) is 28.7 Å². The molecule has 0 aliphatic heterocycles. The smallest absolute Gasteiger partial charge is 0.293 e. The zero-order chi connectivity index (χ0) is 22.5. The van der Waals surface area contributed by atoms with Gasteiger partial charge in [0.2, 0.25) is 11.6 Å². The number of rotatable bonds is 7. The third kappa shape index (κ3) is 4.38. The molecule has 0 atom stereocenters. The van der Waals surface area contributed by atoms with E-state index >= 15 is 0 Å². The number of hydrogen-bond acceptors (Lipinski definition) is 10. The quantitative estimate of drug-likeness (QED) is 0.289. The Morgan fingerprint density at radius 2 is 1.94 bits per heavy atom. The summed E-state index contributed by atoms with van der Waals surface area (Å²) in [6.07, 6.45) is 0. The van der Waals surface area contributed by atoms with Crippen LogP contribution in [0, 0.1) is 0 Å². The number of nitrogen functional groups attached to an aromatic ring is 1. The largest absolute Gasteiger partial charge is 0.508 e. The molecule has 4 rings (SSSR count). The molecular formula is C20H18N8O4. The van der Waals surface area contributed by atoms with Gasteiger partial charge in [-0.05, 0) is 59.2 Å². The van der Waals surface area contributed by atoms with Gasteiger partial charge in [0.05, 0.1) is 5.71 Å². The van der Waals surface area contributed by atoms with Crippen molar-refractivity contribution >= 4 is 17.4 Å². The highest BCUT2D eigenvalue weighted by atomic mass is 16.6. The number of phenolic OH excluding ortho intramolecular Hbond substituents is 1.